The molecule has 384 valence electrons. The van der Waals surface area contributed by atoms with Crippen LogP contribution in [0.15, 0.2) is 0 Å². The van der Waals surface area contributed by atoms with Crippen LogP contribution < -0.4 is 0 Å². The standard InChI is InChI=1S/C36H60O30/c37-13-1-55-31(25(49)19(13)43)7-62-33(27(51)21(45)15(39)3-57-33)9-64-35(29(53)23(47)17(41)5-59-35)11-66-36(30(54)24(48)18(42)6-60-36)12-65-34(28(52)22(46)16(40)4-58-34)10-63-32(8-61-31)26(50)20(44)14(38)2-56-32/h13-30,37-54H,1-12H2/t13-,14-,15-,16-,17-,18-,19-,20-,21-,22-,23-,24-,25+,26+,27+,28+,29+,30+,31+,32+,33+,34+,35+,36+/m1/s1. The van der Waals surface area contributed by atoms with E-state index < -0.39 is 224 Å². The zero-order valence-corrected chi connectivity index (χ0v) is 34.8. The summed E-state index contributed by atoms with van der Waals surface area (Å²) >= 11 is 0. The minimum Gasteiger partial charge on any atom is -0.388 e. The third-order valence-electron chi connectivity index (χ3n) is 13.1. The van der Waals surface area contributed by atoms with E-state index in [1.807, 2.05) is 0 Å². The summed E-state index contributed by atoms with van der Waals surface area (Å²) in [5.41, 5.74) is 0. The van der Waals surface area contributed by atoms with Crippen molar-refractivity contribution in [3.63, 3.8) is 0 Å². The molecule has 6 spiro atoms. The van der Waals surface area contributed by atoms with E-state index in [1.165, 1.54) is 0 Å². The highest BCUT2D eigenvalue weighted by molar-refractivity contribution is 5.03. The van der Waals surface area contributed by atoms with Crippen molar-refractivity contribution in [3.8, 4) is 0 Å². The summed E-state index contributed by atoms with van der Waals surface area (Å²) in [6.45, 7) is -12.8. The molecule has 66 heavy (non-hydrogen) atoms. The van der Waals surface area contributed by atoms with Crippen molar-refractivity contribution >= 4 is 0 Å². The minimum absolute atomic E-state index is 0.853. The van der Waals surface area contributed by atoms with Crippen LogP contribution in [0.4, 0.5) is 0 Å². The maximum atomic E-state index is 11.5. The Hall–Kier alpha value is -1.20. The normalized spacial score (nSPS) is 56.5. The molecule has 0 saturated carbocycles. The molecule has 0 unspecified atom stereocenters. The summed E-state index contributed by atoms with van der Waals surface area (Å²) in [6, 6.07) is 0. The highest BCUT2D eigenvalue weighted by atomic mass is 16.8. The molecule has 30 heteroatoms. The highest BCUT2D eigenvalue weighted by Crippen LogP contribution is 2.42. The van der Waals surface area contributed by atoms with Gasteiger partial charge in [-0.25, -0.2) is 0 Å². The molecule has 24 atom stereocenters. The number of hydrogen-bond acceptors (Lipinski definition) is 30. The summed E-state index contributed by atoms with van der Waals surface area (Å²) in [6.07, 6.45) is -38.0. The summed E-state index contributed by atoms with van der Waals surface area (Å²) < 4.78 is 70.1. The van der Waals surface area contributed by atoms with Crippen molar-refractivity contribution in [2.75, 3.05) is 79.3 Å². The van der Waals surface area contributed by atoms with Crippen LogP contribution in [0.25, 0.3) is 0 Å². The Kier molecular flexibility index (Phi) is 15.8. The molecule has 0 aliphatic carbocycles. The van der Waals surface area contributed by atoms with Crippen LogP contribution in [0.2, 0.25) is 0 Å². The first-order chi connectivity index (χ1) is 30.9. The van der Waals surface area contributed by atoms with E-state index >= 15 is 0 Å². The Morgan fingerprint density at radius 2 is 0.318 bits per heavy atom. The van der Waals surface area contributed by atoms with E-state index in [0.29, 0.717) is 0 Å². The number of aliphatic hydroxyl groups excluding tert-OH is 18. The van der Waals surface area contributed by atoms with Gasteiger partial charge in [-0.2, -0.15) is 0 Å². The van der Waals surface area contributed by atoms with Gasteiger partial charge in [0.05, 0.1) is 39.6 Å². The summed E-state index contributed by atoms with van der Waals surface area (Å²) in [7, 11) is 0. The Morgan fingerprint density at radius 3 is 0.439 bits per heavy atom. The van der Waals surface area contributed by atoms with Crippen molar-refractivity contribution in [1.29, 1.82) is 0 Å². The molecule has 0 aromatic carbocycles. The fraction of sp³-hybridized carbons (Fsp3) is 1.00. The summed E-state index contributed by atoms with van der Waals surface area (Å²) in [5.74, 6) is -17.0. The summed E-state index contributed by atoms with van der Waals surface area (Å²) in [4.78, 5) is 0. The SMILES string of the molecule is O[C@@H]1[C@H](O)CO[C@]2(CO[C@]3(CO[C@]4(CO[C@]5(CO[C@]6(CO[C@]7(CO2)OC[C@@H](O)[C@@H](O)[C@@H]7O)OC[C@@H](O)[C@@H](O)[C@@H]6O)OC[C@@H](O)[C@@H](O)[C@@H]5O)OC[C@@H](O)[C@@H](O)[C@@H]4O)OC[C@@H](O)[C@@H](O)[C@@H]3O)[C@H]1O. The van der Waals surface area contributed by atoms with Gasteiger partial charge in [0.1, 0.15) is 150 Å². The average molecular weight is 973 g/mol. The van der Waals surface area contributed by atoms with Crippen LogP contribution in [0.1, 0.15) is 0 Å². The van der Waals surface area contributed by atoms with E-state index in [9.17, 15) is 91.9 Å². The second-order valence-corrected chi connectivity index (χ2v) is 17.5. The van der Waals surface area contributed by atoms with E-state index in [4.69, 9.17) is 56.8 Å². The molecular formula is C36H60O30. The predicted molar refractivity (Wildman–Crippen MR) is 196 cm³/mol. The fourth-order valence-corrected chi connectivity index (χ4v) is 8.40. The molecule has 30 nitrogen and oxygen atoms in total. The van der Waals surface area contributed by atoms with Gasteiger partial charge in [-0.3, -0.25) is 0 Å². The molecule has 7 fully saturated rings. The monoisotopic (exact) mass is 972 g/mol. The third kappa shape index (κ3) is 9.28. The lowest BCUT2D eigenvalue weighted by atomic mass is 9.93. The number of ether oxygens (including phenoxy) is 12. The number of rotatable bonds is 0. The predicted octanol–water partition coefficient (Wildman–Crippen LogP) is -13.0. The molecule has 7 saturated heterocycles. The summed E-state index contributed by atoms with van der Waals surface area (Å²) in [5, 5.41) is 197. The quantitative estimate of drug-likeness (QED) is 0.107. The fourth-order valence-electron chi connectivity index (χ4n) is 8.40. The second kappa shape index (κ2) is 19.8. The third-order valence-corrected chi connectivity index (χ3v) is 13.1. The average Bonchev–Trinajstić information content (AvgIpc) is 3.31. The van der Waals surface area contributed by atoms with Crippen LogP contribution in [-0.4, -0.2) is 316 Å². The van der Waals surface area contributed by atoms with Crippen molar-refractivity contribution in [2.45, 2.75) is 145 Å². The van der Waals surface area contributed by atoms with Crippen LogP contribution in [0, 0.1) is 0 Å². The van der Waals surface area contributed by atoms with E-state index in [-0.39, 0.29) is 0 Å². The van der Waals surface area contributed by atoms with Gasteiger partial charge in [-0.15, -0.1) is 0 Å². The molecular weight excluding hydrogens is 912 g/mol. The van der Waals surface area contributed by atoms with Crippen molar-refractivity contribution in [3.05, 3.63) is 0 Å². The lowest BCUT2D eigenvalue weighted by Crippen LogP contribution is -2.72. The van der Waals surface area contributed by atoms with Gasteiger partial charge < -0.3 is 149 Å². The van der Waals surface area contributed by atoms with Gasteiger partial charge >= 0.3 is 0 Å². The molecule has 7 heterocycles. The first-order valence-electron chi connectivity index (χ1n) is 20.9. The second-order valence-electron chi connectivity index (χ2n) is 17.5. The molecule has 7 rings (SSSR count). The maximum Gasteiger partial charge on any atom is 0.221 e. The molecule has 0 aromatic heterocycles. The Labute approximate surface area is 372 Å². The van der Waals surface area contributed by atoms with E-state index in [1.54, 1.807) is 0 Å². The zero-order valence-electron chi connectivity index (χ0n) is 34.8. The molecule has 0 aromatic rings. The van der Waals surface area contributed by atoms with E-state index in [2.05, 4.69) is 0 Å². The van der Waals surface area contributed by atoms with Gasteiger partial charge in [-0.05, 0) is 0 Å². The number of hydrogen-bond donors (Lipinski definition) is 18. The lowest BCUT2D eigenvalue weighted by Gasteiger charge is -2.53. The van der Waals surface area contributed by atoms with Gasteiger partial charge in [0.2, 0.25) is 34.7 Å². The van der Waals surface area contributed by atoms with Crippen LogP contribution >= 0.6 is 0 Å². The van der Waals surface area contributed by atoms with Crippen LogP contribution in [0.3, 0.4) is 0 Å². The minimum atomic E-state index is -2.83. The van der Waals surface area contributed by atoms with Gasteiger partial charge in [0.25, 0.3) is 0 Å². The molecule has 7 aliphatic rings. The topological polar surface area (TPSA) is 475 Å². The van der Waals surface area contributed by atoms with Crippen molar-refractivity contribution in [2.24, 2.45) is 0 Å². The van der Waals surface area contributed by atoms with Gasteiger partial charge in [-0.1, -0.05) is 0 Å². The Balaban J connectivity index is 1.37. The molecule has 0 radical (unpaired) electrons. The van der Waals surface area contributed by atoms with Gasteiger partial charge in [0, 0.05) is 0 Å². The van der Waals surface area contributed by atoms with Crippen LogP contribution in [-0.2, 0) is 56.8 Å². The lowest BCUT2D eigenvalue weighted by molar-refractivity contribution is -0.450. The highest BCUT2D eigenvalue weighted by Gasteiger charge is 2.64. The Bertz CT molecular complexity index is 1290. The zero-order chi connectivity index (χ0) is 48.4. The smallest absolute Gasteiger partial charge is 0.221 e. The molecule has 18 N–H and O–H groups in total. The molecule has 7 aliphatic heterocycles. The van der Waals surface area contributed by atoms with E-state index in [0.717, 1.165) is 0 Å². The largest absolute Gasteiger partial charge is 0.388 e. The molecule has 0 bridgehead atoms. The molecule has 0 amide bonds. The van der Waals surface area contributed by atoms with Crippen LogP contribution in [0.5, 0.6) is 0 Å². The van der Waals surface area contributed by atoms with Crippen molar-refractivity contribution < 1.29 is 149 Å². The van der Waals surface area contributed by atoms with Gasteiger partial charge in [0.15, 0.2) is 0 Å². The Morgan fingerprint density at radius 1 is 0.197 bits per heavy atom. The number of aliphatic hydroxyl groups is 18. The van der Waals surface area contributed by atoms with Crippen molar-refractivity contribution in [1.82, 2.24) is 0 Å². The maximum absolute atomic E-state index is 11.5. The first kappa shape index (κ1) is 52.6. The first-order valence-corrected chi connectivity index (χ1v) is 20.9.